The van der Waals surface area contributed by atoms with Gasteiger partial charge in [-0.15, -0.1) is 0 Å². The molecule has 16 heavy (non-hydrogen) atoms. The quantitative estimate of drug-likeness (QED) is 0.795. The number of hydrogen-bond donors (Lipinski definition) is 1. The van der Waals surface area contributed by atoms with Gasteiger partial charge < -0.3 is 10.1 Å². The molecule has 2 nitrogen and oxygen atoms in total. The Morgan fingerprint density at radius 1 is 1.44 bits per heavy atom. The second-order valence-electron chi connectivity index (χ2n) is 4.37. The molecule has 1 aromatic rings. The summed E-state index contributed by atoms with van der Waals surface area (Å²) in [5.74, 6) is 0.436. The molecule has 0 spiro atoms. The van der Waals surface area contributed by atoms with Gasteiger partial charge in [-0.2, -0.15) is 0 Å². The van der Waals surface area contributed by atoms with E-state index in [0.29, 0.717) is 18.6 Å². The van der Waals surface area contributed by atoms with Crippen molar-refractivity contribution >= 4 is 27.5 Å². The number of hydrogen-bond acceptors (Lipinski definition) is 2. The molecule has 0 aromatic heterocycles. The van der Waals surface area contributed by atoms with E-state index in [2.05, 4.69) is 21.2 Å². The van der Waals surface area contributed by atoms with Crippen LogP contribution in [-0.2, 0) is 11.3 Å². The van der Waals surface area contributed by atoms with Gasteiger partial charge in [-0.25, -0.2) is 0 Å². The van der Waals surface area contributed by atoms with Gasteiger partial charge in [0.15, 0.2) is 0 Å². The van der Waals surface area contributed by atoms with E-state index < -0.39 is 0 Å². The lowest BCUT2D eigenvalue weighted by atomic mass is 9.84. The third-order valence-corrected chi connectivity index (χ3v) is 4.52. The van der Waals surface area contributed by atoms with Gasteiger partial charge >= 0.3 is 0 Å². The summed E-state index contributed by atoms with van der Waals surface area (Å²) in [6.45, 7) is 2.68. The molecule has 1 saturated heterocycles. The fourth-order valence-corrected chi connectivity index (χ4v) is 3.55. The van der Waals surface area contributed by atoms with Crippen molar-refractivity contribution < 1.29 is 4.74 Å². The minimum Gasteiger partial charge on any atom is -0.373 e. The van der Waals surface area contributed by atoms with Crippen molar-refractivity contribution in [1.82, 2.24) is 5.32 Å². The van der Waals surface area contributed by atoms with E-state index in [1.165, 1.54) is 5.56 Å². The van der Waals surface area contributed by atoms with Crippen LogP contribution in [0.1, 0.15) is 23.5 Å². The number of benzene rings is 1. The van der Waals surface area contributed by atoms with Crippen LogP contribution in [0, 0.1) is 0 Å². The zero-order valence-electron chi connectivity index (χ0n) is 8.80. The lowest BCUT2D eigenvalue weighted by Crippen LogP contribution is -2.42. The average molecular weight is 303 g/mol. The summed E-state index contributed by atoms with van der Waals surface area (Å²) in [7, 11) is 0. The summed E-state index contributed by atoms with van der Waals surface area (Å²) in [4.78, 5) is 0. The molecule has 2 atom stereocenters. The van der Waals surface area contributed by atoms with Crippen molar-refractivity contribution in [2.75, 3.05) is 13.1 Å². The number of fused-ring (bicyclic) bond motifs is 3. The van der Waals surface area contributed by atoms with Crippen LogP contribution in [0.3, 0.4) is 0 Å². The Labute approximate surface area is 108 Å². The van der Waals surface area contributed by atoms with Crippen LogP contribution >= 0.6 is 27.5 Å². The normalized spacial score (nSPS) is 28.4. The predicted molar refractivity (Wildman–Crippen MR) is 68.0 cm³/mol. The van der Waals surface area contributed by atoms with Crippen molar-refractivity contribution in [3.05, 3.63) is 32.8 Å². The Morgan fingerprint density at radius 2 is 2.31 bits per heavy atom. The molecule has 0 saturated carbocycles. The van der Waals surface area contributed by atoms with E-state index in [0.717, 1.165) is 34.6 Å². The largest absolute Gasteiger partial charge is 0.373 e. The van der Waals surface area contributed by atoms with Crippen LogP contribution < -0.4 is 5.32 Å². The van der Waals surface area contributed by atoms with Gasteiger partial charge in [0, 0.05) is 27.5 Å². The van der Waals surface area contributed by atoms with Crippen molar-refractivity contribution in [3.8, 4) is 0 Å². The molecular formula is C12H13BrClNO. The maximum absolute atomic E-state index is 6.22. The molecule has 0 unspecified atom stereocenters. The van der Waals surface area contributed by atoms with Gasteiger partial charge in [0.2, 0.25) is 0 Å². The number of nitrogens with one attached hydrogen (secondary N) is 1. The highest BCUT2D eigenvalue weighted by molar-refractivity contribution is 9.10. The Hall–Kier alpha value is -0.0900. The second kappa shape index (κ2) is 4.30. The third-order valence-electron chi connectivity index (χ3n) is 3.48. The van der Waals surface area contributed by atoms with Crippen molar-refractivity contribution in [2.24, 2.45) is 0 Å². The Balaban J connectivity index is 2.10. The van der Waals surface area contributed by atoms with Gasteiger partial charge in [-0.3, -0.25) is 0 Å². The highest BCUT2D eigenvalue weighted by Gasteiger charge is 2.34. The summed E-state index contributed by atoms with van der Waals surface area (Å²) in [6.07, 6.45) is 1.44. The molecule has 0 amide bonds. The summed E-state index contributed by atoms with van der Waals surface area (Å²) >= 11 is 9.86. The Morgan fingerprint density at radius 3 is 3.19 bits per heavy atom. The maximum atomic E-state index is 6.22. The minimum absolute atomic E-state index is 0.350. The fraction of sp³-hybridized carbons (Fsp3) is 0.500. The molecule has 3 rings (SSSR count). The van der Waals surface area contributed by atoms with E-state index >= 15 is 0 Å². The smallest absolute Gasteiger partial charge is 0.0738 e. The standard InChI is InChI=1S/C12H13BrClNO/c13-9-1-2-10(14)8-6-16-11-3-4-15-5-7(11)12(8)9/h1-2,7,11,15H,3-6H2/t7-,11-/m1/s1. The lowest BCUT2D eigenvalue weighted by molar-refractivity contribution is -0.00702. The molecule has 4 heteroatoms. The Bertz CT molecular complexity index is 424. The maximum Gasteiger partial charge on any atom is 0.0738 e. The number of ether oxygens (including phenoxy) is 1. The molecule has 2 aliphatic rings. The first-order valence-corrected chi connectivity index (χ1v) is 6.73. The molecule has 86 valence electrons. The molecular weight excluding hydrogens is 289 g/mol. The van der Waals surface area contributed by atoms with Gasteiger partial charge in [0.1, 0.15) is 0 Å². The monoisotopic (exact) mass is 301 g/mol. The average Bonchev–Trinajstić information content (AvgIpc) is 2.33. The van der Waals surface area contributed by atoms with Crippen LogP contribution in [0.2, 0.25) is 5.02 Å². The van der Waals surface area contributed by atoms with Crippen LogP contribution in [-0.4, -0.2) is 19.2 Å². The molecule has 1 N–H and O–H groups in total. The summed E-state index contributed by atoms with van der Waals surface area (Å²) in [6, 6.07) is 3.97. The van der Waals surface area contributed by atoms with Crippen molar-refractivity contribution in [3.63, 3.8) is 0 Å². The van der Waals surface area contributed by atoms with E-state index in [4.69, 9.17) is 16.3 Å². The molecule has 1 fully saturated rings. The summed E-state index contributed by atoms with van der Waals surface area (Å²) in [5.41, 5.74) is 2.50. The molecule has 0 aliphatic carbocycles. The van der Waals surface area contributed by atoms with Crippen molar-refractivity contribution in [2.45, 2.75) is 25.0 Å². The van der Waals surface area contributed by atoms with Crippen LogP contribution in [0.15, 0.2) is 16.6 Å². The van der Waals surface area contributed by atoms with Gasteiger partial charge in [-0.1, -0.05) is 27.5 Å². The molecule has 2 aliphatic heterocycles. The van der Waals surface area contributed by atoms with E-state index in [9.17, 15) is 0 Å². The topological polar surface area (TPSA) is 21.3 Å². The van der Waals surface area contributed by atoms with E-state index in [1.807, 2.05) is 12.1 Å². The summed E-state index contributed by atoms with van der Waals surface area (Å²) < 4.78 is 7.06. The van der Waals surface area contributed by atoms with Crippen LogP contribution in [0.5, 0.6) is 0 Å². The van der Waals surface area contributed by atoms with E-state index in [-0.39, 0.29) is 0 Å². The highest BCUT2D eigenvalue weighted by atomic mass is 79.9. The first-order chi connectivity index (χ1) is 7.77. The lowest BCUT2D eigenvalue weighted by Gasteiger charge is -2.38. The number of halogens is 2. The predicted octanol–water partition coefficient (Wildman–Crippen LogP) is 3.08. The van der Waals surface area contributed by atoms with Crippen molar-refractivity contribution in [1.29, 1.82) is 0 Å². The number of piperidine rings is 1. The second-order valence-corrected chi connectivity index (χ2v) is 5.63. The van der Waals surface area contributed by atoms with Gasteiger partial charge in [0.05, 0.1) is 12.7 Å². The fourth-order valence-electron chi connectivity index (χ4n) is 2.67. The third kappa shape index (κ3) is 1.70. The zero-order valence-corrected chi connectivity index (χ0v) is 11.1. The SMILES string of the molecule is Clc1ccc(Br)c2c1CO[C@@H]1CCNC[C@@H]21. The van der Waals surface area contributed by atoms with Gasteiger partial charge in [-0.05, 0) is 30.7 Å². The highest BCUT2D eigenvalue weighted by Crippen LogP contribution is 2.41. The summed E-state index contributed by atoms with van der Waals surface area (Å²) in [5, 5.41) is 4.25. The molecule has 0 bridgehead atoms. The number of rotatable bonds is 0. The van der Waals surface area contributed by atoms with Gasteiger partial charge in [0.25, 0.3) is 0 Å². The van der Waals surface area contributed by atoms with E-state index in [1.54, 1.807) is 0 Å². The molecule has 1 aromatic carbocycles. The minimum atomic E-state index is 0.350. The first kappa shape index (κ1) is 11.0. The van der Waals surface area contributed by atoms with Crippen LogP contribution in [0.25, 0.3) is 0 Å². The molecule has 0 radical (unpaired) electrons. The first-order valence-electron chi connectivity index (χ1n) is 5.56. The Kier molecular flexibility index (Phi) is 2.96. The molecule has 2 heterocycles. The van der Waals surface area contributed by atoms with Crippen LogP contribution in [0.4, 0.5) is 0 Å². The zero-order chi connectivity index (χ0) is 11.1.